The summed E-state index contributed by atoms with van der Waals surface area (Å²) in [5, 5.41) is 17.6. The standard InChI is InChI=1S/C14H16N4O3/c19-13-9-17(8-12(13)18-7-6-15-16-18)14(20)21-10-11-4-2-1-3-5-11/h1-7,12-13,19H,8-10H2/t12-,13-/m1/s1. The highest BCUT2D eigenvalue weighted by Gasteiger charge is 2.36. The molecular weight excluding hydrogens is 272 g/mol. The van der Waals surface area contributed by atoms with E-state index in [-0.39, 0.29) is 19.2 Å². The first-order chi connectivity index (χ1) is 10.2. The highest BCUT2D eigenvalue weighted by Crippen LogP contribution is 2.21. The van der Waals surface area contributed by atoms with Crippen LogP contribution in [-0.2, 0) is 11.3 Å². The second-order valence-electron chi connectivity index (χ2n) is 4.96. The van der Waals surface area contributed by atoms with Gasteiger partial charge < -0.3 is 14.7 Å². The van der Waals surface area contributed by atoms with Crippen LogP contribution in [0.5, 0.6) is 0 Å². The van der Waals surface area contributed by atoms with E-state index in [1.54, 1.807) is 17.1 Å². The Bertz CT molecular complexity index is 588. The molecule has 0 radical (unpaired) electrons. The van der Waals surface area contributed by atoms with Gasteiger partial charge in [0.2, 0.25) is 0 Å². The predicted molar refractivity (Wildman–Crippen MR) is 73.3 cm³/mol. The Morgan fingerprint density at radius 2 is 2.14 bits per heavy atom. The molecule has 0 spiro atoms. The van der Waals surface area contributed by atoms with Gasteiger partial charge in [0.15, 0.2) is 0 Å². The maximum Gasteiger partial charge on any atom is 0.410 e. The van der Waals surface area contributed by atoms with Gasteiger partial charge in [-0.25, -0.2) is 9.48 Å². The zero-order valence-electron chi connectivity index (χ0n) is 11.4. The van der Waals surface area contributed by atoms with Gasteiger partial charge in [0.25, 0.3) is 0 Å². The van der Waals surface area contributed by atoms with Crippen molar-refractivity contribution in [2.75, 3.05) is 13.1 Å². The molecular formula is C14H16N4O3. The lowest BCUT2D eigenvalue weighted by molar-refractivity contribution is 0.0966. The van der Waals surface area contributed by atoms with Crippen LogP contribution in [0.4, 0.5) is 4.79 Å². The van der Waals surface area contributed by atoms with Crippen LogP contribution in [0.25, 0.3) is 0 Å². The summed E-state index contributed by atoms with van der Waals surface area (Å²) in [6, 6.07) is 9.20. The Balaban J connectivity index is 1.57. The van der Waals surface area contributed by atoms with Crippen molar-refractivity contribution >= 4 is 6.09 Å². The monoisotopic (exact) mass is 288 g/mol. The molecule has 0 unspecified atom stereocenters. The van der Waals surface area contributed by atoms with Gasteiger partial charge in [0, 0.05) is 12.7 Å². The van der Waals surface area contributed by atoms with Crippen molar-refractivity contribution in [1.29, 1.82) is 0 Å². The van der Waals surface area contributed by atoms with Crippen LogP contribution >= 0.6 is 0 Å². The Kier molecular flexibility index (Phi) is 3.83. The number of aliphatic hydroxyl groups is 1. The second-order valence-corrected chi connectivity index (χ2v) is 4.96. The van der Waals surface area contributed by atoms with Gasteiger partial charge in [-0.05, 0) is 5.56 Å². The number of carbonyl (C=O) groups is 1. The third-order valence-electron chi connectivity index (χ3n) is 3.50. The zero-order valence-corrected chi connectivity index (χ0v) is 11.4. The van der Waals surface area contributed by atoms with Crippen LogP contribution in [0.1, 0.15) is 11.6 Å². The molecule has 1 aliphatic heterocycles. The van der Waals surface area contributed by atoms with E-state index in [9.17, 15) is 9.90 Å². The van der Waals surface area contributed by atoms with E-state index >= 15 is 0 Å². The van der Waals surface area contributed by atoms with Crippen LogP contribution in [0, 0.1) is 0 Å². The average Bonchev–Trinajstić information content (AvgIpc) is 3.15. The summed E-state index contributed by atoms with van der Waals surface area (Å²) in [6.45, 7) is 0.816. The summed E-state index contributed by atoms with van der Waals surface area (Å²) >= 11 is 0. The molecule has 2 aromatic rings. The quantitative estimate of drug-likeness (QED) is 0.905. The molecule has 1 fully saturated rings. The Morgan fingerprint density at radius 3 is 2.86 bits per heavy atom. The van der Waals surface area contributed by atoms with Crippen LogP contribution in [-0.4, -0.2) is 50.3 Å². The first-order valence-corrected chi connectivity index (χ1v) is 6.73. The van der Waals surface area contributed by atoms with Crippen LogP contribution in [0.3, 0.4) is 0 Å². The summed E-state index contributed by atoms with van der Waals surface area (Å²) < 4.78 is 6.82. The summed E-state index contributed by atoms with van der Waals surface area (Å²) in [5.41, 5.74) is 0.929. The minimum Gasteiger partial charge on any atom is -0.445 e. The van der Waals surface area contributed by atoms with Crippen molar-refractivity contribution in [2.45, 2.75) is 18.8 Å². The first-order valence-electron chi connectivity index (χ1n) is 6.73. The lowest BCUT2D eigenvalue weighted by Crippen LogP contribution is -2.30. The van der Waals surface area contributed by atoms with Crippen molar-refractivity contribution in [3.05, 3.63) is 48.3 Å². The van der Waals surface area contributed by atoms with Gasteiger partial charge in [-0.3, -0.25) is 0 Å². The van der Waals surface area contributed by atoms with Gasteiger partial charge in [-0.15, -0.1) is 5.10 Å². The molecule has 110 valence electrons. The third-order valence-corrected chi connectivity index (χ3v) is 3.50. The molecule has 1 N–H and O–H groups in total. The molecule has 1 amide bonds. The Morgan fingerprint density at radius 1 is 1.33 bits per heavy atom. The molecule has 2 atom stereocenters. The van der Waals surface area contributed by atoms with E-state index in [0.717, 1.165) is 5.56 Å². The average molecular weight is 288 g/mol. The minimum atomic E-state index is -0.670. The van der Waals surface area contributed by atoms with Gasteiger partial charge in [0.1, 0.15) is 6.61 Å². The van der Waals surface area contributed by atoms with Crippen LogP contribution in [0.15, 0.2) is 42.7 Å². The molecule has 2 heterocycles. The van der Waals surface area contributed by atoms with Crippen molar-refractivity contribution in [3.63, 3.8) is 0 Å². The number of amides is 1. The van der Waals surface area contributed by atoms with Crippen LogP contribution < -0.4 is 0 Å². The predicted octanol–water partition coefficient (Wildman–Crippen LogP) is 0.833. The van der Waals surface area contributed by atoms with E-state index < -0.39 is 12.2 Å². The zero-order chi connectivity index (χ0) is 14.7. The van der Waals surface area contributed by atoms with Crippen molar-refractivity contribution in [2.24, 2.45) is 0 Å². The Labute approximate surface area is 121 Å². The fraction of sp³-hybridized carbons (Fsp3) is 0.357. The third kappa shape index (κ3) is 3.03. The molecule has 1 aromatic heterocycles. The molecule has 0 saturated carbocycles. The molecule has 1 aliphatic rings. The van der Waals surface area contributed by atoms with E-state index in [0.29, 0.717) is 6.54 Å². The largest absolute Gasteiger partial charge is 0.445 e. The van der Waals surface area contributed by atoms with Crippen LogP contribution in [0.2, 0.25) is 0 Å². The van der Waals surface area contributed by atoms with Gasteiger partial charge >= 0.3 is 6.09 Å². The molecule has 3 rings (SSSR count). The van der Waals surface area contributed by atoms with Gasteiger partial charge in [-0.1, -0.05) is 35.5 Å². The minimum absolute atomic E-state index is 0.222. The SMILES string of the molecule is O=C(OCc1ccccc1)N1C[C@@H](O)[C@H](n2ccnn2)C1. The number of benzene rings is 1. The lowest BCUT2D eigenvalue weighted by Gasteiger charge is -2.15. The lowest BCUT2D eigenvalue weighted by atomic mass is 10.2. The first kappa shape index (κ1) is 13.6. The van der Waals surface area contributed by atoms with E-state index in [1.165, 1.54) is 4.90 Å². The number of aromatic nitrogens is 3. The highest BCUT2D eigenvalue weighted by molar-refractivity contribution is 5.68. The number of hydrogen-bond acceptors (Lipinski definition) is 5. The van der Waals surface area contributed by atoms with Crippen molar-refractivity contribution in [1.82, 2.24) is 19.9 Å². The molecule has 7 heteroatoms. The molecule has 7 nitrogen and oxygen atoms in total. The summed E-state index contributed by atoms with van der Waals surface area (Å²) in [5.74, 6) is 0. The fourth-order valence-electron chi connectivity index (χ4n) is 2.38. The van der Waals surface area contributed by atoms with E-state index in [4.69, 9.17) is 4.74 Å². The fourth-order valence-corrected chi connectivity index (χ4v) is 2.38. The number of hydrogen-bond donors (Lipinski definition) is 1. The summed E-state index contributed by atoms with van der Waals surface area (Å²) in [7, 11) is 0. The van der Waals surface area contributed by atoms with Gasteiger partial charge in [0.05, 0.1) is 24.9 Å². The number of aliphatic hydroxyl groups excluding tert-OH is 1. The Hall–Kier alpha value is -2.41. The van der Waals surface area contributed by atoms with E-state index in [1.807, 2.05) is 30.3 Å². The molecule has 1 saturated heterocycles. The maximum atomic E-state index is 12.0. The van der Waals surface area contributed by atoms with Crippen molar-refractivity contribution in [3.8, 4) is 0 Å². The summed E-state index contributed by atoms with van der Waals surface area (Å²) in [4.78, 5) is 13.5. The number of ether oxygens (including phenoxy) is 1. The number of β-amino-alcohol motifs (C(OH)–C–C–N with tert-alkyl or cyclic N) is 1. The summed E-state index contributed by atoms with van der Waals surface area (Å²) in [6.07, 6.45) is 2.12. The molecule has 1 aromatic carbocycles. The number of carbonyl (C=O) groups excluding carboxylic acids is 1. The molecule has 0 bridgehead atoms. The second kappa shape index (κ2) is 5.92. The smallest absolute Gasteiger partial charge is 0.410 e. The number of nitrogens with zero attached hydrogens (tertiary/aromatic N) is 4. The highest BCUT2D eigenvalue weighted by atomic mass is 16.6. The molecule has 0 aliphatic carbocycles. The van der Waals surface area contributed by atoms with E-state index in [2.05, 4.69) is 10.3 Å². The number of likely N-dealkylation sites (tertiary alicyclic amines) is 1. The number of rotatable bonds is 3. The maximum absolute atomic E-state index is 12.0. The topological polar surface area (TPSA) is 80.5 Å². The van der Waals surface area contributed by atoms with Crippen molar-refractivity contribution < 1.29 is 14.6 Å². The molecule has 21 heavy (non-hydrogen) atoms. The van der Waals surface area contributed by atoms with Gasteiger partial charge in [-0.2, -0.15) is 0 Å². The normalized spacial score (nSPS) is 21.5.